The molecule has 0 amide bonds. The Bertz CT molecular complexity index is 142. The number of rotatable bonds is 0. The molecule has 0 aromatic heterocycles. The van der Waals surface area contributed by atoms with Gasteiger partial charge in [0.2, 0.25) is 0 Å². The predicted molar refractivity (Wildman–Crippen MR) is 35.4 cm³/mol. The summed E-state index contributed by atoms with van der Waals surface area (Å²) in [6.45, 7) is 4.65. The topological polar surface area (TPSA) is 12.0 Å². The van der Waals surface area contributed by atoms with Gasteiger partial charge in [0.15, 0.2) is 0 Å². The third-order valence-corrected chi connectivity index (χ3v) is 0.986. The van der Waals surface area contributed by atoms with Crippen LogP contribution in [0.3, 0.4) is 0 Å². The van der Waals surface area contributed by atoms with Crippen LogP contribution in [0.15, 0.2) is 36.6 Å². The van der Waals surface area contributed by atoms with Crippen molar-refractivity contribution in [2.75, 3.05) is 6.54 Å². The lowest BCUT2D eigenvalue weighted by molar-refractivity contribution is 0.966. The van der Waals surface area contributed by atoms with Crippen molar-refractivity contribution in [1.82, 2.24) is 5.32 Å². The summed E-state index contributed by atoms with van der Waals surface area (Å²) in [5.41, 5.74) is 1.12. The van der Waals surface area contributed by atoms with E-state index in [-0.39, 0.29) is 0 Å². The van der Waals surface area contributed by atoms with Gasteiger partial charge in [-0.2, -0.15) is 0 Å². The lowest BCUT2D eigenvalue weighted by atomic mass is 10.3. The third-order valence-electron chi connectivity index (χ3n) is 0.986. The van der Waals surface area contributed by atoms with E-state index in [0.717, 1.165) is 12.1 Å². The van der Waals surface area contributed by atoms with E-state index in [9.17, 15) is 0 Å². The fourth-order valence-corrected chi connectivity index (χ4v) is 0.564. The first-order chi connectivity index (χ1) is 3.89. The van der Waals surface area contributed by atoms with E-state index >= 15 is 0 Å². The van der Waals surface area contributed by atoms with E-state index in [2.05, 4.69) is 11.9 Å². The van der Waals surface area contributed by atoms with Gasteiger partial charge in [0.25, 0.3) is 0 Å². The molecule has 0 bridgehead atoms. The Hall–Kier alpha value is -0.980. The first-order valence-electron chi connectivity index (χ1n) is 2.64. The summed E-state index contributed by atoms with van der Waals surface area (Å²) in [6.07, 6.45) is 7.84. The van der Waals surface area contributed by atoms with Crippen molar-refractivity contribution in [2.24, 2.45) is 0 Å². The molecule has 1 heterocycles. The highest BCUT2D eigenvalue weighted by atomic mass is 14.8. The van der Waals surface area contributed by atoms with Crippen LogP contribution in [0.4, 0.5) is 0 Å². The molecule has 0 saturated heterocycles. The summed E-state index contributed by atoms with van der Waals surface area (Å²) in [7, 11) is 0. The monoisotopic (exact) mass is 107 g/mol. The van der Waals surface area contributed by atoms with Crippen LogP contribution < -0.4 is 5.32 Å². The van der Waals surface area contributed by atoms with E-state index in [4.69, 9.17) is 0 Å². The minimum Gasteiger partial charge on any atom is -0.387 e. The molecule has 42 valence electrons. The van der Waals surface area contributed by atoms with E-state index < -0.39 is 0 Å². The van der Waals surface area contributed by atoms with Crippen LogP contribution in [0, 0.1) is 0 Å². The molecule has 1 N–H and O–H groups in total. The Labute approximate surface area is 49.4 Å². The zero-order chi connectivity index (χ0) is 5.82. The SMILES string of the molecule is C=C1C=CC=CNC1. The Kier molecular flexibility index (Phi) is 1.52. The molecule has 0 fully saturated rings. The molecule has 0 saturated carbocycles. The molecule has 0 unspecified atom stereocenters. The lowest BCUT2D eigenvalue weighted by Gasteiger charge is -1.94. The first kappa shape index (κ1) is 5.16. The van der Waals surface area contributed by atoms with Crippen molar-refractivity contribution in [3.05, 3.63) is 36.6 Å². The number of allylic oxidation sites excluding steroid dienone is 2. The number of hydrogen-bond acceptors (Lipinski definition) is 1. The van der Waals surface area contributed by atoms with Gasteiger partial charge < -0.3 is 5.32 Å². The molecule has 0 aliphatic carbocycles. The largest absolute Gasteiger partial charge is 0.387 e. The van der Waals surface area contributed by atoms with Crippen molar-refractivity contribution >= 4 is 0 Å². The smallest absolute Gasteiger partial charge is 0.0389 e. The van der Waals surface area contributed by atoms with Crippen LogP contribution in [0.1, 0.15) is 0 Å². The first-order valence-corrected chi connectivity index (χ1v) is 2.64. The normalized spacial score (nSPS) is 17.8. The van der Waals surface area contributed by atoms with Gasteiger partial charge in [0.1, 0.15) is 0 Å². The van der Waals surface area contributed by atoms with Gasteiger partial charge in [0.05, 0.1) is 0 Å². The Morgan fingerprint density at radius 2 is 2.38 bits per heavy atom. The second-order valence-electron chi connectivity index (χ2n) is 1.76. The molecule has 1 aliphatic heterocycles. The maximum atomic E-state index is 3.78. The van der Waals surface area contributed by atoms with Crippen LogP contribution >= 0.6 is 0 Å². The lowest BCUT2D eigenvalue weighted by Crippen LogP contribution is -2.05. The predicted octanol–water partition coefficient (Wildman–Crippen LogP) is 1.22. The van der Waals surface area contributed by atoms with Gasteiger partial charge in [-0.05, 0) is 17.8 Å². The summed E-state index contributed by atoms with van der Waals surface area (Å²) in [5.74, 6) is 0. The van der Waals surface area contributed by atoms with E-state index in [1.165, 1.54) is 0 Å². The maximum Gasteiger partial charge on any atom is 0.0389 e. The fourth-order valence-electron chi connectivity index (χ4n) is 0.564. The van der Waals surface area contributed by atoms with E-state index in [1.54, 1.807) is 0 Å². The Morgan fingerprint density at radius 1 is 1.50 bits per heavy atom. The molecule has 1 nitrogen and oxygen atoms in total. The van der Waals surface area contributed by atoms with E-state index in [0.29, 0.717) is 0 Å². The highest BCUT2D eigenvalue weighted by Gasteiger charge is 1.85. The van der Waals surface area contributed by atoms with Crippen molar-refractivity contribution in [1.29, 1.82) is 0 Å². The highest BCUT2D eigenvalue weighted by molar-refractivity contribution is 5.23. The van der Waals surface area contributed by atoms with Gasteiger partial charge in [-0.1, -0.05) is 18.7 Å². The van der Waals surface area contributed by atoms with Gasteiger partial charge in [-0.15, -0.1) is 0 Å². The molecule has 0 radical (unpaired) electrons. The summed E-state index contributed by atoms with van der Waals surface area (Å²) < 4.78 is 0. The third kappa shape index (κ3) is 1.26. The number of nitrogens with one attached hydrogen (secondary N) is 1. The minimum atomic E-state index is 0.868. The highest BCUT2D eigenvalue weighted by Crippen LogP contribution is 1.93. The zero-order valence-corrected chi connectivity index (χ0v) is 4.72. The molecule has 1 rings (SSSR count). The average molecular weight is 107 g/mol. The fraction of sp³-hybridized carbons (Fsp3) is 0.143. The Morgan fingerprint density at radius 3 is 3.25 bits per heavy atom. The standard InChI is InChI=1S/C7H9N/c1-7-4-2-3-5-8-6-7/h2-5,8H,1,6H2. The van der Waals surface area contributed by atoms with Gasteiger partial charge >= 0.3 is 0 Å². The van der Waals surface area contributed by atoms with Crippen LogP contribution in [0.5, 0.6) is 0 Å². The number of hydrogen-bond donors (Lipinski definition) is 1. The zero-order valence-electron chi connectivity index (χ0n) is 4.72. The van der Waals surface area contributed by atoms with Crippen molar-refractivity contribution in [3.63, 3.8) is 0 Å². The quantitative estimate of drug-likeness (QED) is 0.490. The molecule has 0 spiro atoms. The maximum absolute atomic E-state index is 3.78. The molecular weight excluding hydrogens is 98.1 g/mol. The average Bonchev–Trinajstić information content (AvgIpc) is 1.94. The molecule has 0 atom stereocenters. The molecule has 0 aromatic carbocycles. The van der Waals surface area contributed by atoms with Crippen LogP contribution in [0.2, 0.25) is 0 Å². The van der Waals surface area contributed by atoms with Gasteiger partial charge in [-0.3, -0.25) is 0 Å². The molecule has 1 heteroatoms. The van der Waals surface area contributed by atoms with Gasteiger partial charge in [-0.25, -0.2) is 0 Å². The molecule has 1 aliphatic rings. The summed E-state index contributed by atoms with van der Waals surface area (Å²) in [6, 6.07) is 0. The van der Waals surface area contributed by atoms with Crippen molar-refractivity contribution in [3.8, 4) is 0 Å². The second kappa shape index (κ2) is 2.36. The van der Waals surface area contributed by atoms with Crippen LogP contribution in [0.25, 0.3) is 0 Å². The summed E-state index contributed by atoms with van der Waals surface area (Å²) in [5, 5.41) is 3.05. The summed E-state index contributed by atoms with van der Waals surface area (Å²) in [4.78, 5) is 0. The summed E-state index contributed by atoms with van der Waals surface area (Å²) >= 11 is 0. The molecular formula is C7H9N. The molecule has 8 heavy (non-hydrogen) atoms. The van der Waals surface area contributed by atoms with Crippen molar-refractivity contribution in [2.45, 2.75) is 0 Å². The molecule has 0 aromatic rings. The second-order valence-corrected chi connectivity index (χ2v) is 1.76. The minimum absolute atomic E-state index is 0.868. The van der Waals surface area contributed by atoms with Crippen LogP contribution in [-0.2, 0) is 0 Å². The van der Waals surface area contributed by atoms with Crippen LogP contribution in [-0.4, -0.2) is 6.54 Å². The van der Waals surface area contributed by atoms with E-state index in [1.807, 2.05) is 24.4 Å². The van der Waals surface area contributed by atoms with Gasteiger partial charge in [0, 0.05) is 6.54 Å². The van der Waals surface area contributed by atoms with Crippen molar-refractivity contribution < 1.29 is 0 Å². The Balaban J connectivity index is 2.58.